The second-order valence-corrected chi connectivity index (χ2v) is 4.94. The minimum absolute atomic E-state index is 0.268. The number of aromatic nitrogens is 2. The van der Waals surface area contributed by atoms with Gasteiger partial charge in [-0.1, -0.05) is 6.07 Å². The third kappa shape index (κ3) is 2.98. The van der Waals surface area contributed by atoms with E-state index in [0.717, 1.165) is 0 Å². The smallest absolute Gasteiger partial charge is 0.391 e. The molecular weight excluding hydrogens is 289 g/mol. The Morgan fingerprint density at radius 2 is 2.10 bits per heavy atom. The van der Waals surface area contributed by atoms with E-state index < -0.39 is 18.6 Å². The third-order valence-electron chi connectivity index (χ3n) is 2.98. The third-order valence-corrected chi connectivity index (χ3v) is 3.28. The Morgan fingerprint density at radius 1 is 1.40 bits per heavy atom. The minimum atomic E-state index is -4.23. The Hall–Kier alpha value is -1.50. The maximum Gasteiger partial charge on any atom is 0.391 e. The zero-order valence-corrected chi connectivity index (χ0v) is 11.9. The van der Waals surface area contributed by atoms with Crippen molar-refractivity contribution >= 4 is 23.3 Å². The fraction of sp³-hybridized carbons (Fsp3) is 0.462. The molecule has 0 radical (unpaired) electrons. The molecule has 110 valence electrons. The molecule has 0 saturated heterocycles. The monoisotopic (exact) mass is 304 g/mol. The number of imidazole rings is 1. The van der Waals surface area contributed by atoms with Crippen LogP contribution in [0.15, 0.2) is 18.2 Å². The van der Waals surface area contributed by atoms with E-state index in [-0.39, 0.29) is 4.77 Å². The maximum absolute atomic E-state index is 12.5. The molecule has 0 fully saturated rings. The van der Waals surface area contributed by atoms with Crippen LogP contribution in [0.4, 0.5) is 13.2 Å². The van der Waals surface area contributed by atoms with Gasteiger partial charge in [-0.3, -0.25) is 0 Å². The normalized spacial score (nSPS) is 13.7. The van der Waals surface area contributed by atoms with E-state index >= 15 is 0 Å². The molecule has 0 aliphatic heterocycles. The van der Waals surface area contributed by atoms with Crippen molar-refractivity contribution < 1.29 is 17.9 Å². The van der Waals surface area contributed by atoms with Gasteiger partial charge in [-0.15, -0.1) is 0 Å². The maximum atomic E-state index is 12.5. The van der Waals surface area contributed by atoms with Gasteiger partial charge >= 0.3 is 6.18 Å². The lowest BCUT2D eigenvalue weighted by Gasteiger charge is -2.16. The van der Waals surface area contributed by atoms with Crippen LogP contribution in [0.1, 0.15) is 26.3 Å². The summed E-state index contributed by atoms with van der Waals surface area (Å²) < 4.78 is 44.9. The van der Waals surface area contributed by atoms with Gasteiger partial charge in [0.05, 0.1) is 18.5 Å². The molecule has 0 aliphatic rings. The molecular formula is C13H15F3N2OS. The molecule has 3 nitrogen and oxygen atoms in total. The van der Waals surface area contributed by atoms with E-state index in [4.69, 9.17) is 17.0 Å². The first-order valence-electron chi connectivity index (χ1n) is 6.26. The van der Waals surface area contributed by atoms with Crippen molar-refractivity contribution in [3.8, 4) is 5.75 Å². The van der Waals surface area contributed by atoms with Crippen molar-refractivity contribution in [3.05, 3.63) is 23.0 Å². The fourth-order valence-electron chi connectivity index (χ4n) is 2.26. The molecule has 1 N–H and O–H groups in total. The van der Waals surface area contributed by atoms with Crippen LogP contribution < -0.4 is 4.74 Å². The molecule has 0 bridgehead atoms. The molecule has 1 aromatic carbocycles. The van der Waals surface area contributed by atoms with Crippen LogP contribution in [0.5, 0.6) is 5.75 Å². The second-order valence-electron chi connectivity index (χ2n) is 4.55. The number of hydrogen-bond acceptors (Lipinski definition) is 2. The molecule has 20 heavy (non-hydrogen) atoms. The number of nitrogens with zero attached hydrogens (tertiary/aromatic N) is 1. The first-order chi connectivity index (χ1) is 9.33. The van der Waals surface area contributed by atoms with Crippen LogP contribution in [-0.2, 0) is 0 Å². The molecule has 1 atom stereocenters. The van der Waals surface area contributed by atoms with Crippen molar-refractivity contribution in [2.75, 3.05) is 6.61 Å². The fourth-order valence-corrected chi connectivity index (χ4v) is 2.64. The number of rotatable bonds is 4. The standard InChI is InChI=1S/C13H15F3N2OS/c1-3-19-10-6-4-5-9-11(10)17-12(20)18(9)8(2)7-13(14,15)16/h4-6,8H,3,7H2,1-2H3,(H,17,20). The summed E-state index contributed by atoms with van der Waals surface area (Å²) in [6.45, 7) is 3.82. The van der Waals surface area contributed by atoms with Crippen LogP contribution in [0, 0.1) is 4.77 Å². The zero-order valence-electron chi connectivity index (χ0n) is 11.1. The minimum Gasteiger partial charge on any atom is -0.492 e. The van der Waals surface area contributed by atoms with Gasteiger partial charge in [-0.2, -0.15) is 13.2 Å². The van der Waals surface area contributed by atoms with Crippen molar-refractivity contribution in [1.29, 1.82) is 0 Å². The summed E-state index contributed by atoms with van der Waals surface area (Å²) in [5.74, 6) is 0.592. The number of H-pyrrole nitrogens is 1. The lowest BCUT2D eigenvalue weighted by Crippen LogP contribution is -2.16. The molecule has 1 heterocycles. The second kappa shape index (κ2) is 5.47. The molecule has 1 unspecified atom stereocenters. The highest BCUT2D eigenvalue weighted by Gasteiger charge is 2.31. The van der Waals surface area contributed by atoms with Crippen molar-refractivity contribution in [1.82, 2.24) is 9.55 Å². The van der Waals surface area contributed by atoms with E-state index in [1.165, 1.54) is 11.5 Å². The summed E-state index contributed by atoms with van der Waals surface area (Å²) in [5.41, 5.74) is 1.26. The number of benzene rings is 1. The van der Waals surface area contributed by atoms with E-state index in [1.807, 2.05) is 6.92 Å². The van der Waals surface area contributed by atoms with Gasteiger partial charge in [0.2, 0.25) is 0 Å². The molecule has 0 aliphatic carbocycles. The predicted octanol–water partition coefficient (Wildman–Crippen LogP) is 4.61. The first-order valence-corrected chi connectivity index (χ1v) is 6.67. The zero-order chi connectivity index (χ0) is 14.9. The largest absolute Gasteiger partial charge is 0.492 e. The van der Waals surface area contributed by atoms with E-state index in [2.05, 4.69) is 4.98 Å². The molecule has 2 aromatic rings. The van der Waals surface area contributed by atoms with Gasteiger partial charge in [0.15, 0.2) is 4.77 Å². The topological polar surface area (TPSA) is 29.9 Å². The van der Waals surface area contributed by atoms with Crippen LogP contribution >= 0.6 is 12.2 Å². The highest BCUT2D eigenvalue weighted by atomic mass is 32.1. The summed E-state index contributed by atoms with van der Waals surface area (Å²) in [6, 6.07) is 4.47. The van der Waals surface area contributed by atoms with E-state index in [9.17, 15) is 13.2 Å². The molecule has 0 amide bonds. The summed E-state index contributed by atoms with van der Waals surface area (Å²) >= 11 is 5.15. The van der Waals surface area contributed by atoms with Crippen LogP contribution in [0.3, 0.4) is 0 Å². The van der Waals surface area contributed by atoms with Crippen molar-refractivity contribution in [3.63, 3.8) is 0 Å². The van der Waals surface area contributed by atoms with Crippen LogP contribution in [0.25, 0.3) is 11.0 Å². The summed E-state index contributed by atoms with van der Waals surface area (Å²) in [6.07, 6.45) is -5.15. The average Bonchev–Trinajstić information content (AvgIpc) is 2.64. The Labute approximate surface area is 119 Å². The summed E-state index contributed by atoms with van der Waals surface area (Å²) in [4.78, 5) is 2.93. The summed E-state index contributed by atoms with van der Waals surface area (Å²) in [5, 5.41) is 0. The Morgan fingerprint density at radius 3 is 2.70 bits per heavy atom. The SMILES string of the molecule is CCOc1cccc2c1[nH]c(=S)n2C(C)CC(F)(F)F. The van der Waals surface area contributed by atoms with Gasteiger partial charge in [-0.25, -0.2) is 0 Å². The molecule has 0 spiro atoms. The number of halogens is 3. The average molecular weight is 304 g/mol. The van der Waals surface area contributed by atoms with Gasteiger partial charge in [-0.05, 0) is 38.2 Å². The number of fused-ring (bicyclic) bond motifs is 1. The molecule has 0 saturated carbocycles. The molecule has 1 aromatic heterocycles. The highest BCUT2D eigenvalue weighted by Crippen LogP contribution is 2.32. The van der Waals surface area contributed by atoms with Crippen molar-refractivity contribution in [2.45, 2.75) is 32.5 Å². The van der Waals surface area contributed by atoms with Gasteiger partial charge in [0.25, 0.3) is 0 Å². The first kappa shape index (κ1) is 14.9. The quantitative estimate of drug-likeness (QED) is 0.836. The van der Waals surface area contributed by atoms with Gasteiger partial charge in [0, 0.05) is 6.04 Å². The highest BCUT2D eigenvalue weighted by molar-refractivity contribution is 7.71. The van der Waals surface area contributed by atoms with Gasteiger partial charge in [0.1, 0.15) is 11.3 Å². The molecule has 7 heteroatoms. The Balaban J connectivity index is 2.52. The van der Waals surface area contributed by atoms with Crippen LogP contribution in [0.2, 0.25) is 0 Å². The van der Waals surface area contributed by atoms with E-state index in [1.54, 1.807) is 18.2 Å². The molecule has 2 rings (SSSR count). The Bertz CT molecular complexity index is 660. The Kier molecular flexibility index (Phi) is 4.08. The number of aromatic amines is 1. The van der Waals surface area contributed by atoms with Gasteiger partial charge < -0.3 is 14.3 Å². The number of para-hydroxylation sites is 1. The van der Waals surface area contributed by atoms with Crippen molar-refractivity contribution in [2.24, 2.45) is 0 Å². The van der Waals surface area contributed by atoms with E-state index in [0.29, 0.717) is 23.4 Å². The number of ether oxygens (including phenoxy) is 1. The lowest BCUT2D eigenvalue weighted by atomic mass is 10.2. The summed E-state index contributed by atoms with van der Waals surface area (Å²) in [7, 11) is 0. The number of nitrogens with one attached hydrogen (secondary N) is 1. The number of alkyl halides is 3. The predicted molar refractivity (Wildman–Crippen MR) is 73.7 cm³/mol. The van der Waals surface area contributed by atoms with Crippen LogP contribution in [-0.4, -0.2) is 22.3 Å². The number of hydrogen-bond donors (Lipinski definition) is 1. The lowest BCUT2D eigenvalue weighted by molar-refractivity contribution is -0.141.